The van der Waals surface area contributed by atoms with Crippen LogP contribution in [0.15, 0.2) is 261 Å². The molecule has 1 atom stereocenters. The molecule has 1 aromatic heterocycles. The minimum absolute atomic E-state index is 0.0274. The molecule has 12 aromatic carbocycles. The van der Waals surface area contributed by atoms with Crippen LogP contribution in [0.2, 0.25) is 0 Å². The molecule has 0 spiro atoms. The highest BCUT2D eigenvalue weighted by molar-refractivity contribution is 6.10. The van der Waals surface area contributed by atoms with Gasteiger partial charge in [0.15, 0.2) is 0 Å². The number of hydrogen-bond acceptors (Lipinski definition) is 2. The Morgan fingerprint density at radius 3 is 1.27 bits per heavy atom. The van der Waals surface area contributed by atoms with Crippen LogP contribution < -0.4 is 9.80 Å². The lowest BCUT2D eigenvalue weighted by molar-refractivity contribution is 0.569. The van der Waals surface area contributed by atoms with E-state index in [-0.39, 0.29) is 73.6 Å². The number of aromatic nitrogens is 1. The molecule has 0 saturated heterocycles. The summed E-state index contributed by atoms with van der Waals surface area (Å²) in [5, 5.41) is 0.0547. The third-order valence-corrected chi connectivity index (χ3v) is 20.2. The summed E-state index contributed by atoms with van der Waals surface area (Å²) in [4.78, 5) is 5.03. The number of para-hydroxylation sites is 2. The summed E-state index contributed by atoms with van der Waals surface area (Å²) < 4.78 is 76.7. The van der Waals surface area contributed by atoms with E-state index < -0.39 is 30.1 Å². The van der Waals surface area contributed by atoms with Crippen molar-refractivity contribution in [2.24, 2.45) is 0 Å². The molecule has 3 aliphatic rings. The monoisotopic (exact) mass is 1230 g/mol. The molecule has 94 heavy (non-hydrogen) atoms. The molecule has 0 amide bonds. The minimum atomic E-state index is -0.486. The molecule has 1 unspecified atom stereocenters. The van der Waals surface area contributed by atoms with E-state index in [1.165, 1.54) is 38.9 Å². The predicted octanol–water partition coefficient (Wildman–Crippen LogP) is 24.8. The van der Waals surface area contributed by atoms with E-state index in [2.05, 4.69) is 299 Å². The Labute approximate surface area is 567 Å². The maximum absolute atomic E-state index is 9.77. The van der Waals surface area contributed by atoms with E-state index in [0.717, 1.165) is 102 Å². The molecule has 0 radical (unpaired) electrons. The van der Waals surface area contributed by atoms with E-state index in [0.29, 0.717) is 5.69 Å². The summed E-state index contributed by atoms with van der Waals surface area (Å²) in [6, 6.07) is 75.4. The Bertz CT molecular complexity index is 5510. The first-order chi connectivity index (χ1) is 48.5. The van der Waals surface area contributed by atoms with Crippen molar-refractivity contribution < 1.29 is 11.0 Å². The van der Waals surface area contributed by atoms with Gasteiger partial charge in [-0.15, -0.1) is 0 Å². The largest absolute Gasteiger partial charge is 0.309 e. The first-order valence-corrected chi connectivity index (χ1v) is 33.3. The van der Waals surface area contributed by atoms with Gasteiger partial charge in [0, 0.05) is 45.0 Å². The average Bonchev–Trinajstić information content (AvgIpc) is 0.957. The van der Waals surface area contributed by atoms with Crippen molar-refractivity contribution in [3.63, 3.8) is 0 Å². The fourth-order valence-corrected chi connectivity index (χ4v) is 15.1. The minimum Gasteiger partial charge on any atom is -0.309 e. The normalized spacial score (nSPS) is 15.8. The molecule has 13 aromatic rings. The second-order valence-corrected chi connectivity index (χ2v) is 30.4. The quantitative estimate of drug-likeness (QED) is 0.158. The van der Waals surface area contributed by atoms with Crippen LogP contribution in [0.4, 0.5) is 34.1 Å². The highest BCUT2D eigenvalue weighted by Crippen LogP contribution is 2.64. The lowest BCUT2D eigenvalue weighted by Gasteiger charge is -2.47. The highest BCUT2D eigenvalue weighted by Gasteiger charge is 2.44. The SMILES string of the molecule is [2H]c1c([2H])c([2H])c2c(c1[2H])c1c([2H])c([2H])c([2H])c([2H])c1n2-c1ccc2c(c1)N(c1ccc(C(C)(C)C)cc1-c1ccccc1)c1cc(C3c4ccccc4Cc4ccccc43)cc3c1C2c1ccc(-c2cc(C(C)(C)C)cc(C(C)(C)C)c2)cc1N3c1ccc(C(C)(C)C)cc1-c1ccccc1. The zero-order valence-corrected chi connectivity index (χ0v) is 55.9. The Morgan fingerprint density at radius 2 is 0.777 bits per heavy atom. The van der Waals surface area contributed by atoms with Crippen LogP contribution in [0.25, 0.3) is 60.9 Å². The number of benzene rings is 12. The van der Waals surface area contributed by atoms with Crippen LogP contribution >= 0.6 is 0 Å². The Balaban J connectivity index is 1.10. The van der Waals surface area contributed by atoms with E-state index in [4.69, 9.17) is 2.74 Å². The van der Waals surface area contributed by atoms with Gasteiger partial charge in [-0.05, 0) is 178 Å². The van der Waals surface area contributed by atoms with Gasteiger partial charge in [0.1, 0.15) is 0 Å². The van der Waals surface area contributed by atoms with Gasteiger partial charge >= 0.3 is 0 Å². The van der Waals surface area contributed by atoms with Gasteiger partial charge < -0.3 is 14.4 Å². The number of fused-ring (bicyclic) bond motifs is 9. The predicted molar refractivity (Wildman–Crippen MR) is 399 cm³/mol. The van der Waals surface area contributed by atoms with Crippen LogP contribution in [0.3, 0.4) is 0 Å². The molecule has 0 bridgehead atoms. The summed E-state index contributed by atoms with van der Waals surface area (Å²) in [6.45, 7) is 27.4. The molecule has 3 heteroatoms. The van der Waals surface area contributed by atoms with Crippen molar-refractivity contribution in [2.45, 2.75) is 123 Å². The molecule has 0 saturated carbocycles. The van der Waals surface area contributed by atoms with Gasteiger partial charge in [0.05, 0.1) is 56.1 Å². The van der Waals surface area contributed by atoms with E-state index >= 15 is 0 Å². The van der Waals surface area contributed by atoms with E-state index in [1.807, 2.05) is 6.07 Å². The van der Waals surface area contributed by atoms with Gasteiger partial charge in [0.25, 0.3) is 0 Å². The van der Waals surface area contributed by atoms with Gasteiger partial charge in [-0.2, -0.15) is 0 Å². The van der Waals surface area contributed by atoms with Gasteiger partial charge in [-0.3, -0.25) is 0 Å². The zero-order valence-electron chi connectivity index (χ0n) is 63.9. The zero-order chi connectivity index (χ0) is 71.7. The summed E-state index contributed by atoms with van der Waals surface area (Å²) in [5.41, 5.74) is 26.1. The lowest BCUT2D eigenvalue weighted by atomic mass is 9.71. The summed E-state index contributed by atoms with van der Waals surface area (Å²) in [6.07, 6.45) is 0.795. The molecular formula is C91H83N3. The third kappa shape index (κ3) is 9.84. The van der Waals surface area contributed by atoms with Crippen LogP contribution in [0.5, 0.6) is 0 Å². The second kappa shape index (κ2) is 21.8. The summed E-state index contributed by atoms with van der Waals surface area (Å²) >= 11 is 0. The molecule has 0 fully saturated rings. The second-order valence-electron chi connectivity index (χ2n) is 30.4. The molecule has 2 aliphatic heterocycles. The number of hydrogen-bond donors (Lipinski definition) is 0. The van der Waals surface area contributed by atoms with Gasteiger partial charge in [-0.25, -0.2) is 0 Å². The number of anilines is 6. The molecule has 3 nitrogen and oxygen atoms in total. The first kappa shape index (κ1) is 50.6. The highest BCUT2D eigenvalue weighted by atomic mass is 15.2. The van der Waals surface area contributed by atoms with Crippen molar-refractivity contribution in [2.75, 3.05) is 9.80 Å². The van der Waals surface area contributed by atoms with Crippen molar-refractivity contribution in [3.8, 4) is 39.1 Å². The summed E-state index contributed by atoms with van der Waals surface area (Å²) in [5.74, 6) is -0.652. The van der Waals surface area contributed by atoms with Crippen LogP contribution in [-0.4, -0.2) is 4.57 Å². The standard InChI is InChI=1S/C91H83N3/c1-88(2,3)64-40-45-79(75(54-64)57-27-15-13-16-28-57)93-81-50-59(62-48-66(90(7,8)9)53-67(49-62)91(10,11)12)39-43-73(81)86-74-44-42-68(92-77-37-25-23-35-71(77)72-36-24-26-38-78(72)92)56-82(74)94(80-46-41-65(89(4,5)6)55-76(80)58-29-17-14-18-30-58)84-52-63(51-83(93)87(84)86)85-69-33-21-19-31-60(69)47-61-32-20-22-34-70(61)85/h13-46,48-56,85-86H,47H2,1-12H3/i23D,24D,25D,26D,35D,36D,37D,38D. The lowest BCUT2D eigenvalue weighted by Crippen LogP contribution is -2.30. The fourth-order valence-electron chi connectivity index (χ4n) is 15.1. The molecule has 0 N–H and O–H groups in total. The van der Waals surface area contributed by atoms with Crippen molar-refractivity contribution in [1.82, 2.24) is 4.57 Å². The first-order valence-electron chi connectivity index (χ1n) is 37.3. The van der Waals surface area contributed by atoms with Crippen molar-refractivity contribution >= 4 is 55.9 Å². The van der Waals surface area contributed by atoms with E-state index in [1.54, 1.807) is 4.57 Å². The molecule has 462 valence electrons. The van der Waals surface area contributed by atoms with Gasteiger partial charge in [-0.1, -0.05) is 277 Å². The topological polar surface area (TPSA) is 11.4 Å². The molecular weight excluding hydrogens is 1140 g/mol. The Hall–Kier alpha value is -9.96. The third-order valence-electron chi connectivity index (χ3n) is 20.2. The Kier molecular flexibility index (Phi) is 11.7. The Morgan fingerprint density at radius 1 is 0.330 bits per heavy atom. The van der Waals surface area contributed by atoms with Crippen molar-refractivity contribution in [1.29, 1.82) is 0 Å². The van der Waals surface area contributed by atoms with Crippen molar-refractivity contribution in [3.05, 3.63) is 327 Å². The maximum Gasteiger partial charge on any atom is 0.0645 e. The maximum atomic E-state index is 9.77. The average molecular weight is 1230 g/mol. The van der Waals surface area contributed by atoms with E-state index in [9.17, 15) is 8.22 Å². The summed E-state index contributed by atoms with van der Waals surface area (Å²) in [7, 11) is 0. The number of rotatable bonds is 7. The molecule has 16 rings (SSSR count). The molecule has 3 heterocycles. The van der Waals surface area contributed by atoms with Gasteiger partial charge in [0.2, 0.25) is 0 Å². The van der Waals surface area contributed by atoms with Crippen LogP contribution in [0.1, 0.15) is 173 Å². The smallest absolute Gasteiger partial charge is 0.0645 e. The van der Waals surface area contributed by atoms with Crippen LogP contribution in [-0.2, 0) is 28.1 Å². The fraction of sp³-hybridized carbons (Fsp3) is 0.209. The molecule has 1 aliphatic carbocycles. The van der Waals surface area contributed by atoms with Crippen LogP contribution in [0, 0.1) is 0 Å². The number of nitrogens with zero attached hydrogens (tertiary/aromatic N) is 3.